The summed E-state index contributed by atoms with van der Waals surface area (Å²) in [5.41, 5.74) is -1.46. The summed E-state index contributed by atoms with van der Waals surface area (Å²) in [5.74, 6) is -2.78. The van der Waals surface area contributed by atoms with Crippen LogP contribution < -0.4 is 10.3 Å². The van der Waals surface area contributed by atoms with E-state index in [-0.39, 0.29) is 11.1 Å². The first-order valence-corrected chi connectivity index (χ1v) is 5.05. The molecule has 1 aromatic rings. The smallest absolute Gasteiger partial charge is 0.481 e. The fourth-order valence-corrected chi connectivity index (χ4v) is 1.57. The summed E-state index contributed by atoms with van der Waals surface area (Å²) in [7, 11) is 0. The lowest BCUT2D eigenvalue weighted by atomic mass is 10.1. The maximum atomic E-state index is 12.1. The number of ether oxygens (including phenoxy) is 1. The Morgan fingerprint density at radius 3 is 2.56 bits per heavy atom. The number of carboxylic acid groups (broad SMARTS) is 1. The van der Waals surface area contributed by atoms with Gasteiger partial charge < -0.3 is 14.8 Å². The molecule has 1 rings (SSSR count). The molecule has 0 fully saturated rings. The van der Waals surface area contributed by atoms with E-state index in [2.05, 4.69) is 4.74 Å². The van der Waals surface area contributed by atoms with Gasteiger partial charge in [-0.15, -0.1) is 24.8 Å². The molecule has 0 aliphatic heterocycles. The second-order valence-electron chi connectivity index (χ2n) is 3.20. The molecule has 0 unspecified atom stereocenters. The molecule has 0 atom stereocenters. The number of H-pyrrole nitrogens is 1. The Balaban J connectivity index is 3.30. The van der Waals surface area contributed by atoms with E-state index in [1.54, 1.807) is 0 Å². The van der Waals surface area contributed by atoms with E-state index < -0.39 is 35.9 Å². The monoisotopic (exact) mass is 285 g/mol. The van der Waals surface area contributed by atoms with Crippen molar-refractivity contribution < 1.29 is 27.8 Å². The van der Waals surface area contributed by atoms with Crippen molar-refractivity contribution in [2.24, 2.45) is 0 Å². The van der Waals surface area contributed by atoms with Gasteiger partial charge in [-0.1, -0.05) is 0 Å². The van der Waals surface area contributed by atoms with Crippen LogP contribution in [0.15, 0.2) is 11.0 Å². The van der Waals surface area contributed by atoms with E-state index in [0.717, 1.165) is 6.20 Å². The molecule has 5 nitrogen and oxygen atoms in total. The van der Waals surface area contributed by atoms with E-state index in [1.807, 2.05) is 4.98 Å². The maximum Gasteiger partial charge on any atom is 0.573 e. The number of aliphatic carboxylic acids is 1. The topological polar surface area (TPSA) is 79.4 Å². The standard InChI is InChI=1S/C9H7ClF3NO4/c10-2-5-4(1-6(15)16)3-14-8(17)7(5)18-9(11,12)13/h3H,1-2H2,(H,14,17)(H,15,16). The average molecular weight is 286 g/mol. The van der Waals surface area contributed by atoms with Crippen LogP contribution in [0.3, 0.4) is 0 Å². The van der Waals surface area contributed by atoms with Gasteiger partial charge in [-0.05, 0) is 5.56 Å². The highest BCUT2D eigenvalue weighted by atomic mass is 35.5. The highest BCUT2D eigenvalue weighted by Crippen LogP contribution is 2.26. The molecular formula is C9H7ClF3NO4. The third-order valence-corrected chi connectivity index (χ3v) is 2.21. The molecule has 18 heavy (non-hydrogen) atoms. The van der Waals surface area contributed by atoms with Crippen LogP contribution in [0.5, 0.6) is 5.75 Å². The second-order valence-corrected chi connectivity index (χ2v) is 3.47. The van der Waals surface area contributed by atoms with Gasteiger partial charge in [0.05, 0.1) is 12.3 Å². The van der Waals surface area contributed by atoms with E-state index in [9.17, 15) is 22.8 Å². The van der Waals surface area contributed by atoms with Crippen LogP contribution in [-0.4, -0.2) is 22.4 Å². The van der Waals surface area contributed by atoms with Gasteiger partial charge in [0.25, 0.3) is 5.56 Å². The highest BCUT2D eigenvalue weighted by Gasteiger charge is 2.34. The molecule has 0 aliphatic carbocycles. The van der Waals surface area contributed by atoms with Gasteiger partial charge in [-0.3, -0.25) is 9.59 Å². The molecule has 1 heterocycles. The summed E-state index contributed by atoms with van der Waals surface area (Å²) in [4.78, 5) is 23.7. The predicted molar refractivity (Wildman–Crippen MR) is 54.6 cm³/mol. The lowest BCUT2D eigenvalue weighted by molar-refractivity contribution is -0.275. The van der Waals surface area contributed by atoms with E-state index in [1.165, 1.54) is 0 Å². The van der Waals surface area contributed by atoms with Crippen molar-refractivity contribution in [1.82, 2.24) is 4.98 Å². The molecule has 0 saturated carbocycles. The molecule has 0 radical (unpaired) electrons. The Bertz CT molecular complexity index is 512. The number of rotatable bonds is 4. The number of hydrogen-bond acceptors (Lipinski definition) is 3. The summed E-state index contributed by atoms with van der Waals surface area (Å²) < 4.78 is 39.8. The maximum absolute atomic E-state index is 12.1. The van der Waals surface area contributed by atoms with Gasteiger partial charge >= 0.3 is 12.3 Å². The number of alkyl halides is 4. The Kier molecular flexibility index (Phi) is 4.23. The molecule has 2 N–H and O–H groups in total. The summed E-state index contributed by atoms with van der Waals surface area (Å²) in [6.45, 7) is 0. The molecule has 100 valence electrons. The zero-order chi connectivity index (χ0) is 13.9. The Hall–Kier alpha value is -1.70. The van der Waals surface area contributed by atoms with Crippen LogP contribution in [0.4, 0.5) is 13.2 Å². The van der Waals surface area contributed by atoms with Gasteiger partial charge in [-0.2, -0.15) is 0 Å². The van der Waals surface area contributed by atoms with Crippen LogP contribution in [0.2, 0.25) is 0 Å². The molecule has 0 saturated heterocycles. The number of carbonyl (C=O) groups is 1. The number of aromatic amines is 1. The minimum Gasteiger partial charge on any atom is -0.481 e. The number of carboxylic acids is 1. The Labute approximate surface area is 103 Å². The van der Waals surface area contributed by atoms with Crippen molar-refractivity contribution in [2.75, 3.05) is 0 Å². The average Bonchev–Trinajstić information content (AvgIpc) is 2.20. The zero-order valence-electron chi connectivity index (χ0n) is 8.68. The summed E-state index contributed by atoms with van der Waals surface area (Å²) in [5, 5.41) is 8.58. The second kappa shape index (κ2) is 5.30. The largest absolute Gasteiger partial charge is 0.573 e. The third kappa shape index (κ3) is 3.66. The van der Waals surface area contributed by atoms with Crippen molar-refractivity contribution >= 4 is 17.6 Å². The lowest BCUT2D eigenvalue weighted by Crippen LogP contribution is -2.25. The number of hydrogen-bond donors (Lipinski definition) is 2. The first-order chi connectivity index (χ1) is 8.24. The van der Waals surface area contributed by atoms with Gasteiger partial charge in [0.1, 0.15) is 0 Å². The van der Waals surface area contributed by atoms with Crippen LogP contribution in [0.25, 0.3) is 0 Å². The molecule has 0 bridgehead atoms. The normalized spacial score (nSPS) is 11.3. The quantitative estimate of drug-likeness (QED) is 0.824. The van der Waals surface area contributed by atoms with Gasteiger partial charge in [-0.25, -0.2) is 0 Å². The number of halogens is 4. The van der Waals surface area contributed by atoms with Crippen molar-refractivity contribution in [1.29, 1.82) is 0 Å². The fraction of sp³-hybridized carbons (Fsp3) is 0.333. The Morgan fingerprint density at radius 2 is 2.11 bits per heavy atom. The molecule has 1 aromatic heterocycles. The van der Waals surface area contributed by atoms with E-state index in [4.69, 9.17) is 16.7 Å². The molecule has 9 heteroatoms. The number of nitrogens with one attached hydrogen (secondary N) is 1. The van der Waals surface area contributed by atoms with Crippen LogP contribution >= 0.6 is 11.6 Å². The van der Waals surface area contributed by atoms with Gasteiger partial charge in [0.15, 0.2) is 5.75 Å². The minimum absolute atomic E-state index is 0.0450. The van der Waals surface area contributed by atoms with Crippen LogP contribution in [0, 0.1) is 0 Å². The highest BCUT2D eigenvalue weighted by molar-refractivity contribution is 6.17. The molecule has 0 aromatic carbocycles. The predicted octanol–water partition coefficient (Wildman–Crippen LogP) is 1.64. The molecule has 0 spiro atoms. The van der Waals surface area contributed by atoms with Crippen LogP contribution in [-0.2, 0) is 17.1 Å². The minimum atomic E-state index is -5.06. The zero-order valence-corrected chi connectivity index (χ0v) is 9.43. The summed E-state index contributed by atoms with van der Waals surface area (Å²) in [6, 6.07) is 0. The SMILES string of the molecule is O=C(O)Cc1c[nH]c(=O)c(OC(F)(F)F)c1CCl. The van der Waals surface area contributed by atoms with Crippen molar-refractivity contribution in [3.63, 3.8) is 0 Å². The lowest BCUT2D eigenvalue weighted by Gasteiger charge is -2.13. The van der Waals surface area contributed by atoms with Gasteiger partial charge in [0.2, 0.25) is 0 Å². The van der Waals surface area contributed by atoms with Crippen LogP contribution in [0.1, 0.15) is 11.1 Å². The van der Waals surface area contributed by atoms with E-state index >= 15 is 0 Å². The first kappa shape index (κ1) is 14.4. The first-order valence-electron chi connectivity index (χ1n) is 4.51. The third-order valence-electron chi connectivity index (χ3n) is 1.94. The summed E-state index contributed by atoms with van der Waals surface area (Å²) in [6.07, 6.45) is -4.64. The van der Waals surface area contributed by atoms with E-state index in [0.29, 0.717) is 0 Å². The van der Waals surface area contributed by atoms with Gasteiger partial charge in [0, 0.05) is 11.8 Å². The molecular weight excluding hydrogens is 279 g/mol. The number of aromatic nitrogens is 1. The molecule has 0 aliphatic rings. The molecule has 0 amide bonds. The van der Waals surface area contributed by atoms with Crippen molar-refractivity contribution in [2.45, 2.75) is 18.7 Å². The Morgan fingerprint density at radius 1 is 1.50 bits per heavy atom. The number of pyridine rings is 1. The van der Waals surface area contributed by atoms with Crippen molar-refractivity contribution in [3.8, 4) is 5.75 Å². The van der Waals surface area contributed by atoms with Crippen molar-refractivity contribution in [3.05, 3.63) is 27.7 Å². The fourth-order valence-electron chi connectivity index (χ4n) is 1.28. The summed E-state index contributed by atoms with van der Waals surface area (Å²) >= 11 is 5.43.